The number of alkyl carbamates (subject to hydrolysis) is 2. The SMILES string of the molecule is CCOC(=O)C(Cc1ccccc1)(NC(=O)OC(C)(C)C)C(=O)OCC.CCOC(=O)C(NC(=O)OC(C)(C)C)C(=O)OCC. The van der Waals surface area contributed by atoms with E-state index in [0.717, 1.165) is 0 Å². The fourth-order valence-corrected chi connectivity index (χ4v) is 3.35. The highest BCUT2D eigenvalue weighted by Gasteiger charge is 2.51. The second kappa shape index (κ2) is 19.1. The molecular formula is C31H48N2O12. The van der Waals surface area contributed by atoms with Crippen molar-refractivity contribution < 1.29 is 57.2 Å². The molecule has 0 aliphatic rings. The van der Waals surface area contributed by atoms with E-state index in [2.05, 4.69) is 10.6 Å². The van der Waals surface area contributed by atoms with Gasteiger partial charge in [-0.25, -0.2) is 28.8 Å². The molecule has 0 aromatic heterocycles. The number of hydrogen-bond donors (Lipinski definition) is 2. The van der Waals surface area contributed by atoms with Crippen molar-refractivity contribution in [1.82, 2.24) is 10.6 Å². The van der Waals surface area contributed by atoms with E-state index in [1.54, 1.807) is 99.6 Å². The van der Waals surface area contributed by atoms with Crippen LogP contribution in [0.3, 0.4) is 0 Å². The van der Waals surface area contributed by atoms with E-state index in [9.17, 15) is 28.8 Å². The van der Waals surface area contributed by atoms with Crippen LogP contribution in [0.4, 0.5) is 9.59 Å². The predicted octanol–water partition coefficient (Wildman–Crippen LogP) is 3.62. The average molecular weight is 641 g/mol. The Morgan fingerprint density at radius 2 is 1.02 bits per heavy atom. The quantitative estimate of drug-likeness (QED) is 0.193. The zero-order chi connectivity index (χ0) is 34.8. The summed E-state index contributed by atoms with van der Waals surface area (Å²) in [5.74, 6) is -3.56. The molecular weight excluding hydrogens is 592 g/mol. The third kappa shape index (κ3) is 15.8. The molecule has 0 fully saturated rings. The number of ether oxygens (including phenoxy) is 6. The lowest BCUT2D eigenvalue weighted by Gasteiger charge is -2.31. The van der Waals surface area contributed by atoms with Crippen LogP contribution in [0.25, 0.3) is 0 Å². The molecule has 1 aromatic rings. The summed E-state index contributed by atoms with van der Waals surface area (Å²) >= 11 is 0. The molecule has 45 heavy (non-hydrogen) atoms. The summed E-state index contributed by atoms with van der Waals surface area (Å²) in [6.07, 6.45) is -1.92. The van der Waals surface area contributed by atoms with E-state index >= 15 is 0 Å². The minimum Gasteiger partial charge on any atom is -0.464 e. The monoisotopic (exact) mass is 640 g/mol. The molecule has 0 saturated heterocycles. The van der Waals surface area contributed by atoms with Crippen molar-refractivity contribution in [2.75, 3.05) is 26.4 Å². The van der Waals surface area contributed by atoms with Crippen molar-refractivity contribution in [3.05, 3.63) is 35.9 Å². The molecule has 14 nitrogen and oxygen atoms in total. The van der Waals surface area contributed by atoms with Crippen molar-refractivity contribution in [3.8, 4) is 0 Å². The summed E-state index contributed by atoms with van der Waals surface area (Å²) in [7, 11) is 0. The standard InChI is InChI=1S/C19H27NO6.C12H21NO6/c1-6-24-15(21)19(16(22)25-7-2,13-14-11-9-8-10-12-14)20-17(23)26-18(3,4)5;1-6-17-9(14)8(10(15)18-7-2)13-11(16)19-12(3,4)5/h8-12H,6-7,13H2,1-5H3,(H,20,23);8H,6-7H2,1-5H3,(H,13,16). The fourth-order valence-electron chi connectivity index (χ4n) is 3.35. The number of hydrogen-bond acceptors (Lipinski definition) is 12. The lowest BCUT2D eigenvalue weighted by Crippen LogP contribution is -2.63. The van der Waals surface area contributed by atoms with Crippen LogP contribution < -0.4 is 10.6 Å². The van der Waals surface area contributed by atoms with Gasteiger partial charge in [-0.3, -0.25) is 10.6 Å². The van der Waals surface area contributed by atoms with Gasteiger partial charge in [-0.15, -0.1) is 0 Å². The summed E-state index contributed by atoms with van der Waals surface area (Å²) in [5, 5.41) is 4.53. The molecule has 1 aromatic carbocycles. The summed E-state index contributed by atoms with van der Waals surface area (Å²) < 4.78 is 29.7. The summed E-state index contributed by atoms with van der Waals surface area (Å²) in [6.45, 7) is 16.7. The highest BCUT2D eigenvalue weighted by Crippen LogP contribution is 2.20. The molecule has 1 rings (SSSR count). The smallest absolute Gasteiger partial charge is 0.409 e. The zero-order valence-electron chi connectivity index (χ0n) is 27.9. The van der Waals surface area contributed by atoms with Crippen LogP contribution in [0.15, 0.2) is 30.3 Å². The van der Waals surface area contributed by atoms with E-state index in [4.69, 9.17) is 28.4 Å². The Morgan fingerprint density at radius 3 is 1.40 bits per heavy atom. The topological polar surface area (TPSA) is 182 Å². The maximum Gasteiger partial charge on any atom is 0.409 e. The normalized spacial score (nSPS) is 11.2. The van der Waals surface area contributed by atoms with Crippen molar-refractivity contribution in [2.24, 2.45) is 0 Å². The largest absolute Gasteiger partial charge is 0.464 e. The molecule has 2 N–H and O–H groups in total. The highest BCUT2D eigenvalue weighted by atomic mass is 16.6. The van der Waals surface area contributed by atoms with Crippen molar-refractivity contribution in [2.45, 2.75) is 98.4 Å². The number of nitrogens with one attached hydrogen (secondary N) is 2. The van der Waals surface area contributed by atoms with Crippen molar-refractivity contribution in [3.63, 3.8) is 0 Å². The number of benzene rings is 1. The minimum atomic E-state index is -2.03. The van der Waals surface area contributed by atoms with Crippen molar-refractivity contribution in [1.29, 1.82) is 0 Å². The third-order valence-corrected chi connectivity index (χ3v) is 4.98. The van der Waals surface area contributed by atoms with Gasteiger partial charge in [0.25, 0.3) is 0 Å². The molecule has 0 bridgehead atoms. The Bertz CT molecular complexity index is 1090. The van der Waals surface area contributed by atoms with E-state index < -0.39 is 58.8 Å². The molecule has 0 unspecified atom stereocenters. The summed E-state index contributed by atoms with van der Waals surface area (Å²) in [6, 6.07) is 7.30. The molecule has 14 heteroatoms. The Morgan fingerprint density at radius 1 is 0.622 bits per heavy atom. The second-order valence-corrected chi connectivity index (χ2v) is 11.2. The lowest BCUT2D eigenvalue weighted by molar-refractivity contribution is -0.166. The zero-order valence-corrected chi connectivity index (χ0v) is 27.9. The van der Waals surface area contributed by atoms with Crippen LogP contribution in [0, 0.1) is 0 Å². The van der Waals surface area contributed by atoms with Gasteiger partial charge < -0.3 is 28.4 Å². The van der Waals surface area contributed by atoms with Crippen LogP contribution in [0.5, 0.6) is 0 Å². The average Bonchev–Trinajstić information content (AvgIpc) is 2.90. The van der Waals surface area contributed by atoms with Gasteiger partial charge in [0.05, 0.1) is 26.4 Å². The first-order valence-electron chi connectivity index (χ1n) is 14.6. The summed E-state index contributed by atoms with van der Waals surface area (Å²) in [4.78, 5) is 72.4. The Balaban J connectivity index is 0.000000907. The van der Waals surface area contributed by atoms with Crippen LogP contribution >= 0.6 is 0 Å². The molecule has 254 valence electrons. The number of carbonyl (C=O) groups is 6. The lowest BCUT2D eigenvalue weighted by atomic mass is 9.90. The third-order valence-electron chi connectivity index (χ3n) is 4.98. The van der Waals surface area contributed by atoms with Gasteiger partial charge in [0.15, 0.2) is 0 Å². The number of esters is 4. The maximum atomic E-state index is 12.7. The summed E-state index contributed by atoms with van der Waals surface area (Å²) in [5.41, 5.74) is -2.91. The Hall–Kier alpha value is -4.36. The van der Waals surface area contributed by atoms with E-state index in [-0.39, 0.29) is 32.8 Å². The molecule has 0 heterocycles. The van der Waals surface area contributed by atoms with Gasteiger partial charge in [-0.05, 0) is 74.8 Å². The number of amides is 2. The Kier molecular flexibility index (Phi) is 17.3. The molecule has 2 amide bonds. The van der Waals surface area contributed by atoms with Crippen LogP contribution in [-0.4, -0.2) is 85.3 Å². The number of carbonyl (C=O) groups excluding carboxylic acids is 6. The van der Waals surface area contributed by atoms with Gasteiger partial charge in [0.1, 0.15) is 11.2 Å². The first-order chi connectivity index (χ1) is 20.8. The molecule has 0 radical (unpaired) electrons. The molecule has 0 saturated carbocycles. The van der Waals surface area contributed by atoms with E-state index in [1.165, 1.54) is 0 Å². The van der Waals surface area contributed by atoms with Crippen LogP contribution in [0.1, 0.15) is 74.8 Å². The van der Waals surface area contributed by atoms with Gasteiger partial charge in [0.2, 0.25) is 11.6 Å². The second-order valence-electron chi connectivity index (χ2n) is 11.2. The first-order valence-corrected chi connectivity index (χ1v) is 14.6. The maximum absolute atomic E-state index is 12.7. The predicted molar refractivity (Wildman–Crippen MR) is 162 cm³/mol. The molecule has 0 spiro atoms. The molecule has 0 aliphatic carbocycles. The van der Waals surface area contributed by atoms with E-state index in [0.29, 0.717) is 5.56 Å². The van der Waals surface area contributed by atoms with Gasteiger partial charge >= 0.3 is 36.1 Å². The van der Waals surface area contributed by atoms with Gasteiger partial charge in [-0.2, -0.15) is 0 Å². The Labute approximate surface area is 264 Å². The number of rotatable bonds is 12. The first kappa shape index (κ1) is 40.6. The van der Waals surface area contributed by atoms with E-state index in [1.807, 2.05) is 0 Å². The molecule has 0 aliphatic heterocycles. The van der Waals surface area contributed by atoms with Gasteiger partial charge in [0, 0.05) is 6.42 Å². The molecule has 0 atom stereocenters. The van der Waals surface area contributed by atoms with Crippen molar-refractivity contribution >= 4 is 36.1 Å². The van der Waals surface area contributed by atoms with Crippen LogP contribution in [0.2, 0.25) is 0 Å². The fraction of sp³-hybridized carbons (Fsp3) is 0.613. The minimum absolute atomic E-state index is 0.0464. The van der Waals surface area contributed by atoms with Gasteiger partial charge in [-0.1, -0.05) is 30.3 Å². The van der Waals surface area contributed by atoms with Crippen LogP contribution in [-0.2, 0) is 54.0 Å². The highest BCUT2D eigenvalue weighted by molar-refractivity contribution is 6.07.